The fraction of sp³-hybridized carbons (Fsp3) is 0.474. The second-order valence-corrected chi connectivity index (χ2v) is 8.03. The summed E-state index contributed by atoms with van der Waals surface area (Å²) in [5.74, 6) is 0.771. The molecule has 0 fully saturated rings. The maximum Gasteiger partial charge on any atom is 0.287 e. The molecule has 0 saturated heterocycles. The molecule has 0 bridgehead atoms. The molecule has 0 spiro atoms. The van der Waals surface area contributed by atoms with Crippen molar-refractivity contribution in [2.24, 2.45) is 0 Å². The Balaban J connectivity index is 1.74. The van der Waals surface area contributed by atoms with Crippen molar-refractivity contribution >= 4 is 34.5 Å². The van der Waals surface area contributed by atoms with Crippen LogP contribution in [0.1, 0.15) is 31.3 Å². The minimum atomic E-state index is -0.254. The third-order valence-corrected chi connectivity index (χ3v) is 4.78. The Hall–Kier alpha value is -2.59. The number of carbonyl (C=O) groups is 1. The van der Waals surface area contributed by atoms with E-state index < -0.39 is 0 Å². The largest absolute Gasteiger partial charge is 0.459 e. The van der Waals surface area contributed by atoms with Crippen LogP contribution in [0.15, 0.2) is 34.2 Å². The summed E-state index contributed by atoms with van der Waals surface area (Å²) in [6, 6.07) is 3.31. The number of thioether (sulfide) groups is 1. The van der Waals surface area contributed by atoms with Crippen LogP contribution in [0.4, 0.5) is 5.82 Å². The van der Waals surface area contributed by atoms with E-state index in [1.54, 1.807) is 34.8 Å². The van der Waals surface area contributed by atoms with Gasteiger partial charge in [-0.2, -0.15) is 5.10 Å². The Bertz CT molecular complexity index is 926. The molecular weight excluding hydrogens is 392 g/mol. The predicted octanol–water partition coefficient (Wildman–Crippen LogP) is 2.80. The van der Waals surface area contributed by atoms with Crippen LogP contribution in [0.2, 0.25) is 0 Å². The van der Waals surface area contributed by atoms with E-state index in [0.717, 1.165) is 16.9 Å². The highest BCUT2D eigenvalue weighted by Gasteiger charge is 2.15. The molecule has 0 aliphatic carbocycles. The zero-order chi connectivity index (χ0) is 20.6. The number of nitrogens with one attached hydrogen (secondary N) is 2. The molecule has 0 aromatic carbocycles. The summed E-state index contributed by atoms with van der Waals surface area (Å²) in [6.45, 7) is 8.98. The molecule has 1 amide bonds. The highest BCUT2D eigenvalue weighted by molar-refractivity contribution is 7.99. The molecule has 10 heteroatoms. The van der Waals surface area contributed by atoms with Crippen LogP contribution in [0.3, 0.4) is 0 Å². The number of carbonyl (C=O) groups excluding carboxylic acids is 1. The fourth-order valence-corrected chi connectivity index (χ4v) is 3.36. The van der Waals surface area contributed by atoms with Gasteiger partial charge in [-0.1, -0.05) is 25.6 Å². The molecule has 2 N–H and O–H groups in total. The third-order valence-electron chi connectivity index (χ3n) is 3.91. The molecule has 0 unspecified atom stereocenters. The first kappa shape index (κ1) is 21.1. The van der Waals surface area contributed by atoms with Crippen molar-refractivity contribution < 1.29 is 13.9 Å². The Kier molecular flexibility index (Phi) is 7.48. The van der Waals surface area contributed by atoms with E-state index >= 15 is 0 Å². The van der Waals surface area contributed by atoms with E-state index in [-0.39, 0.29) is 11.7 Å². The number of amides is 1. The van der Waals surface area contributed by atoms with Crippen molar-refractivity contribution in [2.45, 2.75) is 37.7 Å². The van der Waals surface area contributed by atoms with Gasteiger partial charge in [0.2, 0.25) is 0 Å². The lowest BCUT2D eigenvalue weighted by molar-refractivity contribution is 0.0924. The summed E-state index contributed by atoms with van der Waals surface area (Å²) in [7, 11) is 0. The fourth-order valence-electron chi connectivity index (χ4n) is 2.65. The van der Waals surface area contributed by atoms with Crippen LogP contribution in [-0.2, 0) is 11.3 Å². The van der Waals surface area contributed by atoms with Crippen molar-refractivity contribution in [1.29, 1.82) is 0 Å². The molecule has 3 heterocycles. The molecule has 156 valence electrons. The van der Waals surface area contributed by atoms with E-state index in [2.05, 4.69) is 39.5 Å². The van der Waals surface area contributed by atoms with Gasteiger partial charge in [0.15, 0.2) is 16.6 Å². The predicted molar refractivity (Wildman–Crippen MR) is 112 cm³/mol. The summed E-state index contributed by atoms with van der Waals surface area (Å²) in [5.41, 5.74) is 0.731. The first-order chi connectivity index (χ1) is 14.1. The molecule has 0 aliphatic rings. The minimum absolute atomic E-state index is 0.254. The second kappa shape index (κ2) is 10.3. The van der Waals surface area contributed by atoms with Gasteiger partial charge in [0, 0.05) is 24.9 Å². The van der Waals surface area contributed by atoms with Crippen LogP contribution in [0.5, 0.6) is 0 Å². The number of ether oxygens (including phenoxy) is 1. The number of fused-ring (bicyclic) bond motifs is 1. The summed E-state index contributed by atoms with van der Waals surface area (Å²) in [5, 5.41) is 12.5. The van der Waals surface area contributed by atoms with Crippen LogP contribution in [0.25, 0.3) is 11.0 Å². The van der Waals surface area contributed by atoms with Crippen LogP contribution < -0.4 is 10.6 Å². The van der Waals surface area contributed by atoms with E-state index in [1.165, 1.54) is 6.26 Å². The number of anilines is 1. The molecular formula is C19H26N6O3S. The zero-order valence-electron chi connectivity index (χ0n) is 16.8. The van der Waals surface area contributed by atoms with Gasteiger partial charge in [-0.15, -0.1) is 0 Å². The molecule has 9 nitrogen and oxygen atoms in total. The smallest absolute Gasteiger partial charge is 0.287 e. The highest BCUT2D eigenvalue weighted by Crippen LogP contribution is 2.26. The van der Waals surface area contributed by atoms with E-state index in [0.29, 0.717) is 43.3 Å². The van der Waals surface area contributed by atoms with Crippen molar-refractivity contribution in [3.05, 3.63) is 30.4 Å². The standard InChI is InChI=1S/C19H26N6O3S/c1-4-27-11-8-20-16-14-12-22-25(17(14)24-19(23-16)29-13(2)3)9-7-21-18(26)15-6-5-10-28-15/h5-6,10,12-13H,4,7-9,11H2,1-3H3,(H,21,26)(H,20,23,24). The van der Waals surface area contributed by atoms with Gasteiger partial charge in [0.1, 0.15) is 5.82 Å². The summed E-state index contributed by atoms with van der Waals surface area (Å²) in [6.07, 6.45) is 3.22. The quantitative estimate of drug-likeness (QED) is 0.278. The average Bonchev–Trinajstić information content (AvgIpc) is 3.35. The normalized spacial score (nSPS) is 11.3. The maximum atomic E-state index is 12.0. The zero-order valence-corrected chi connectivity index (χ0v) is 17.7. The van der Waals surface area contributed by atoms with Gasteiger partial charge in [-0.3, -0.25) is 4.79 Å². The van der Waals surface area contributed by atoms with Gasteiger partial charge in [0.25, 0.3) is 5.91 Å². The van der Waals surface area contributed by atoms with Gasteiger partial charge in [0.05, 0.1) is 31.0 Å². The topological polar surface area (TPSA) is 107 Å². The van der Waals surface area contributed by atoms with E-state index in [1.807, 2.05) is 6.92 Å². The molecule has 0 radical (unpaired) electrons. The summed E-state index contributed by atoms with van der Waals surface area (Å²) in [4.78, 5) is 21.3. The van der Waals surface area contributed by atoms with Crippen molar-refractivity contribution in [2.75, 3.05) is 31.6 Å². The Morgan fingerprint density at radius 3 is 2.93 bits per heavy atom. The number of furan rings is 1. The third kappa shape index (κ3) is 5.70. The molecule has 29 heavy (non-hydrogen) atoms. The Labute approximate surface area is 173 Å². The number of nitrogens with zero attached hydrogens (tertiary/aromatic N) is 4. The first-order valence-electron chi connectivity index (χ1n) is 9.62. The molecule has 3 aromatic rings. The highest BCUT2D eigenvalue weighted by atomic mass is 32.2. The maximum absolute atomic E-state index is 12.0. The monoisotopic (exact) mass is 418 g/mol. The molecule has 0 saturated carbocycles. The Morgan fingerprint density at radius 1 is 1.34 bits per heavy atom. The Morgan fingerprint density at radius 2 is 2.21 bits per heavy atom. The van der Waals surface area contributed by atoms with Gasteiger partial charge >= 0.3 is 0 Å². The molecule has 3 aromatic heterocycles. The summed E-state index contributed by atoms with van der Waals surface area (Å²) >= 11 is 1.59. The van der Waals surface area contributed by atoms with Gasteiger partial charge < -0.3 is 19.8 Å². The number of hydrogen-bond donors (Lipinski definition) is 2. The van der Waals surface area contributed by atoms with E-state index in [4.69, 9.17) is 9.15 Å². The van der Waals surface area contributed by atoms with Gasteiger partial charge in [-0.25, -0.2) is 14.6 Å². The second-order valence-electron chi connectivity index (χ2n) is 6.48. The summed E-state index contributed by atoms with van der Waals surface area (Å²) < 4.78 is 12.3. The molecule has 0 aliphatic heterocycles. The van der Waals surface area contributed by atoms with Crippen LogP contribution >= 0.6 is 11.8 Å². The number of rotatable bonds is 11. The van der Waals surface area contributed by atoms with Crippen molar-refractivity contribution in [3.63, 3.8) is 0 Å². The SMILES string of the molecule is CCOCCNc1nc(SC(C)C)nc2c1cnn2CCNC(=O)c1ccco1. The van der Waals surface area contributed by atoms with Crippen molar-refractivity contribution in [1.82, 2.24) is 25.1 Å². The van der Waals surface area contributed by atoms with Crippen molar-refractivity contribution in [3.8, 4) is 0 Å². The lowest BCUT2D eigenvalue weighted by Gasteiger charge is -2.11. The number of aromatic nitrogens is 4. The van der Waals surface area contributed by atoms with Crippen LogP contribution in [-0.4, -0.2) is 57.2 Å². The van der Waals surface area contributed by atoms with E-state index in [9.17, 15) is 4.79 Å². The first-order valence-corrected chi connectivity index (χ1v) is 10.5. The molecule has 0 atom stereocenters. The van der Waals surface area contributed by atoms with Gasteiger partial charge in [-0.05, 0) is 19.1 Å². The lowest BCUT2D eigenvalue weighted by Crippen LogP contribution is -2.27. The molecule has 3 rings (SSSR count). The minimum Gasteiger partial charge on any atom is -0.459 e. The lowest BCUT2D eigenvalue weighted by atomic mass is 10.4. The average molecular weight is 419 g/mol. The number of hydrogen-bond acceptors (Lipinski definition) is 8. The van der Waals surface area contributed by atoms with Crippen LogP contribution in [0, 0.1) is 0 Å².